The Morgan fingerprint density at radius 1 is 1.00 bits per heavy atom. The maximum absolute atomic E-state index is 16.1. The van der Waals surface area contributed by atoms with Crippen LogP contribution in [0.1, 0.15) is 42.7 Å². The van der Waals surface area contributed by atoms with E-state index in [0.29, 0.717) is 0 Å². The fraction of sp³-hybridized carbons (Fsp3) is 0.179. The van der Waals surface area contributed by atoms with E-state index >= 15 is 4.39 Å². The average Bonchev–Trinajstić information content (AvgIpc) is 3.30. The number of nitrogens with zero attached hydrogens (tertiary/aromatic N) is 1. The smallest absolute Gasteiger partial charge is 0.154 e. The zero-order chi connectivity index (χ0) is 20.9. The van der Waals surface area contributed by atoms with Gasteiger partial charge in [0, 0.05) is 16.5 Å². The Morgan fingerprint density at radius 3 is 2.57 bits per heavy atom. The van der Waals surface area contributed by atoms with E-state index in [9.17, 15) is 0 Å². The first-order chi connectivity index (χ1) is 14.5. The molecule has 148 valence electrons. The summed E-state index contributed by atoms with van der Waals surface area (Å²) in [5.41, 5.74) is 9.88. The van der Waals surface area contributed by atoms with Gasteiger partial charge in [-0.3, -0.25) is 0 Å². The molecule has 1 heterocycles. The molecule has 1 unspecified atom stereocenters. The summed E-state index contributed by atoms with van der Waals surface area (Å²) < 4.78 is 18.2. The van der Waals surface area contributed by atoms with Crippen LogP contribution in [0, 0.1) is 6.92 Å². The van der Waals surface area contributed by atoms with Crippen molar-refractivity contribution in [2.24, 2.45) is 0 Å². The van der Waals surface area contributed by atoms with Crippen molar-refractivity contribution in [1.29, 1.82) is 0 Å². The van der Waals surface area contributed by atoms with Crippen molar-refractivity contribution < 1.29 is 4.39 Å². The van der Waals surface area contributed by atoms with Gasteiger partial charge in [-0.25, -0.2) is 4.39 Å². The van der Waals surface area contributed by atoms with Crippen molar-refractivity contribution >= 4 is 28.2 Å². The molecule has 0 fully saturated rings. The highest BCUT2D eigenvalue weighted by molar-refractivity contribution is 5.96. The number of benzene rings is 2. The summed E-state index contributed by atoms with van der Waals surface area (Å²) >= 11 is 0. The first-order valence-electron chi connectivity index (χ1n) is 10.5. The summed E-state index contributed by atoms with van der Waals surface area (Å²) in [4.78, 5) is 0. The first-order valence-corrected chi connectivity index (χ1v) is 10.5. The van der Waals surface area contributed by atoms with Gasteiger partial charge in [0.05, 0.1) is 16.9 Å². The molecule has 3 aromatic rings. The van der Waals surface area contributed by atoms with Gasteiger partial charge in [-0.1, -0.05) is 60.7 Å². The van der Waals surface area contributed by atoms with E-state index in [4.69, 9.17) is 0 Å². The van der Waals surface area contributed by atoms with Crippen molar-refractivity contribution in [3.8, 4) is 0 Å². The SMILES string of the molecule is CCC1=CC(C)(F)c2c(n(C3=C=C(c4ccccc4)C=C3)c3ccc(C)cc23)C=C1. The average molecular weight is 394 g/mol. The van der Waals surface area contributed by atoms with Crippen LogP contribution in [-0.4, -0.2) is 4.57 Å². The van der Waals surface area contributed by atoms with Crippen molar-refractivity contribution in [2.75, 3.05) is 0 Å². The van der Waals surface area contributed by atoms with E-state index in [1.165, 1.54) is 0 Å². The molecule has 30 heavy (non-hydrogen) atoms. The van der Waals surface area contributed by atoms with Crippen molar-refractivity contribution in [3.05, 3.63) is 107 Å². The van der Waals surface area contributed by atoms with Crippen LogP contribution < -0.4 is 0 Å². The molecule has 1 atom stereocenters. The highest BCUT2D eigenvalue weighted by Gasteiger charge is 2.33. The second-order valence-corrected chi connectivity index (χ2v) is 8.22. The highest BCUT2D eigenvalue weighted by Crippen LogP contribution is 2.43. The Balaban J connectivity index is 1.83. The Bertz CT molecular complexity index is 1320. The van der Waals surface area contributed by atoms with E-state index in [-0.39, 0.29) is 0 Å². The lowest BCUT2D eigenvalue weighted by Gasteiger charge is -2.17. The first kappa shape index (κ1) is 18.7. The maximum atomic E-state index is 16.1. The third kappa shape index (κ3) is 2.93. The van der Waals surface area contributed by atoms with Gasteiger partial charge in [0.1, 0.15) is 0 Å². The van der Waals surface area contributed by atoms with Crippen molar-refractivity contribution in [1.82, 2.24) is 4.57 Å². The monoisotopic (exact) mass is 393 g/mol. The van der Waals surface area contributed by atoms with Gasteiger partial charge >= 0.3 is 0 Å². The van der Waals surface area contributed by atoms with Crippen LogP contribution in [0.2, 0.25) is 0 Å². The van der Waals surface area contributed by atoms with E-state index in [0.717, 1.165) is 56.6 Å². The van der Waals surface area contributed by atoms with Crippen molar-refractivity contribution in [2.45, 2.75) is 32.9 Å². The van der Waals surface area contributed by atoms with Crippen LogP contribution in [0.5, 0.6) is 0 Å². The fourth-order valence-corrected chi connectivity index (χ4v) is 4.53. The molecule has 0 aliphatic heterocycles. The van der Waals surface area contributed by atoms with E-state index in [2.05, 4.69) is 72.7 Å². The Kier molecular flexibility index (Phi) is 4.27. The van der Waals surface area contributed by atoms with Gasteiger partial charge in [-0.15, -0.1) is 0 Å². The third-order valence-electron chi connectivity index (χ3n) is 5.96. The normalized spacial score (nSPS) is 20.1. The number of hydrogen-bond acceptors (Lipinski definition) is 0. The predicted molar refractivity (Wildman–Crippen MR) is 125 cm³/mol. The van der Waals surface area contributed by atoms with Crippen LogP contribution in [0.15, 0.2) is 84.1 Å². The van der Waals surface area contributed by atoms with Gasteiger partial charge in [-0.2, -0.15) is 0 Å². The van der Waals surface area contributed by atoms with Crippen LogP contribution in [0.3, 0.4) is 0 Å². The number of fused-ring (bicyclic) bond motifs is 3. The summed E-state index contributed by atoms with van der Waals surface area (Å²) in [6.45, 7) is 5.79. The van der Waals surface area contributed by atoms with E-state index in [1.54, 1.807) is 13.0 Å². The fourth-order valence-electron chi connectivity index (χ4n) is 4.53. The lowest BCUT2D eigenvalue weighted by molar-refractivity contribution is 0.264. The quantitative estimate of drug-likeness (QED) is 0.404. The van der Waals surface area contributed by atoms with Crippen LogP contribution in [0.25, 0.3) is 28.2 Å². The molecule has 0 saturated heterocycles. The molecule has 5 rings (SSSR count). The zero-order valence-electron chi connectivity index (χ0n) is 17.5. The largest absolute Gasteiger partial charge is 0.303 e. The minimum absolute atomic E-state index is 0.733. The van der Waals surface area contributed by atoms with Crippen LogP contribution in [-0.2, 0) is 5.67 Å². The number of hydrogen-bond donors (Lipinski definition) is 0. The van der Waals surface area contributed by atoms with Gasteiger partial charge in [0.15, 0.2) is 5.67 Å². The lowest BCUT2D eigenvalue weighted by atomic mass is 9.93. The highest BCUT2D eigenvalue weighted by atomic mass is 19.1. The molecular formula is C28H24FN. The molecular weight excluding hydrogens is 369 g/mol. The molecule has 0 N–H and O–H groups in total. The molecule has 0 bridgehead atoms. The van der Waals surface area contributed by atoms with E-state index < -0.39 is 5.67 Å². The summed E-state index contributed by atoms with van der Waals surface area (Å²) in [6, 6.07) is 16.5. The Morgan fingerprint density at radius 2 is 1.80 bits per heavy atom. The molecule has 2 aliphatic carbocycles. The van der Waals surface area contributed by atoms with Gasteiger partial charge in [0.25, 0.3) is 0 Å². The minimum atomic E-state index is -1.55. The molecule has 0 radical (unpaired) electrons. The standard InChI is InChI=1S/C28H24FN/c1-4-20-11-15-26-27(28(3,29)18-20)24-16-19(2)10-14-25(24)30(26)23-13-12-22(17-23)21-8-6-5-7-9-21/h5-16,18H,4H2,1-3H3. The van der Waals surface area contributed by atoms with E-state index in [1.807, 2.05) is 24.3 Å². The molecule has 0 amide bonds. The van der Waals surface area contributed by atoms with Crippen molar-refractivity contribution in [3.63, 3.8) is 0 Å². The Labute approximate surface area is 176 Å². The molecule has 2 aliphatic rings. The topological polar surface area (TPSA) is 4.93 Å². The van der Waals surface area contributed by atoms with Gasteiger partial charge in [0.2, 0.25) is 0 Å². The second kappa shape index (κ2) is 6.86. The lowest BCUT2D eigenvalue weighted by Crippen LogP contribution is -2.13. The molecule has 1 nitrogen and oxygen atoms in total. The van der Waals surface area contributed by atoms with Gasteiger partial charge < -0.3 is 4.57 Å². The molecule has 2 heteroatoms. The molecule has 0 spiro atoms. The Hall–Kier alpha value is -3.35. The predicted octanol–water partition coefficient (Wildman–Crippen LogP) is 7.59. The summed E-state index contributed by atoms with van der Waals surface area (Å²) in [5, 5.41) is 0.962. The molecule has 1 aromatic heterocycles. The number of rotatable bonds is 3. The number of halogens is 1. The van der Waals surface area contributed by atoms with Crippen LogP contribution in [0.4, 0.5) is 4.39 Å². The summed E-state index contributed by atoms with van der Waals surface area (Å²) in [6.07, 6.45) is 10.8. The number of aryl methyl sites for hydroxylation is 1. The second-order valence-electron chi connectivity index (χ2n) is 8.22. The molecule has 0 saturated carbocycles. The molecule has 2 aromatic carbocycles. The maximum Gasteiger partial charge on any atom is 0.154 e. The number of aromatic nitrogens is 1. The third-order valence-corrected chi connectivity index (χ3v) is 5.96. The van der Waals surface area contributed by atoms with Gasteiger partial charge in [-0.05, 0) is 67.8 Å². The number of alkyl halides is 1. The summed E-state index contributed by atoms with van der Waals surface area (Å²) in [5.74, 6) is 0. The zero-order valence-corrected chi connectivity index (χ0v) is 17.5. The van der Waals surface area contributed by atoms with Crippen LogP contribution >= 0.6 is 0 Å². The summed E-state index contributed by atoms with van der Waals surface area (Å²) in [7, 11) is 0. The number of allylic oxidation sites excluding steroid dienone is 6. The minimum Gasteiger partial charge on any atom is -0.303 e.